The molecule has 0 saturated carbocycles. The third-order valence-electron chi connectivity index (χ3n) is 4.60. The molecule has 0 aliphatic carbocycles. The van der Waals surface area contributed by atoms with E-state index in [1.165, 1.54) is 11.3 Å². The van der Waals surface area contributed by atoms with E-state index in [4.69, 9.17) is 11.6 Å². The third-order valence-corrected chi connectivity index (χ3v) is 5.83. The number of amides is 2. The van der Waals surface area contributed by atoms with Gasteiger partial charge in [-0.1, -0.05) is 35.9 Å². The van der Waals surface area contributed by atoms with Crippen LogP contribution in [0.25, 0.3) is 0 Å². The van der Waals surface area contributed by atoms with Crippen LogP contribution in [0.15, 0.2) is 41.8 Å². The average molecular weight is 377 g/mol. The number of halogens is 1. The van der Waals surface area contributed by atoms with Crippen LogP contribution in [0.1, 0.15) is 28.1 Å². The lowest BCUT2D eigenvalue weighted by Crippen LogP contribution is -2.43. The number of benzene rings is 1. The minimum atomic E-state index is -0.0279. The van der Waals surface area contributed by atoms with Crippen molar-refractivity contribution in [2.24, 2.45) is 5.92 Å². The lowest BCUT2D eigenvalue weighted by Gasteiger charge is -2.33. The molecule has 0 unspecified atom stereocenters. The maximum Gasteiger partial charge on any atom is 0.263 e. The molecule has 2 amide bonds. The Hall–Kier alpha value is -1.85. The number of carbonyl (C=O) groups is 2. The van der Waals surface area contributed by atoms with Gasteiger partial charge in [-0.15, -0.1) is 11.3 Å². The first kappa shape index (κ1) is 18.0. The fourth-order valence-electron chi connectivity index (χ4n) is 3.16. The van der Waals surface area contributed by atoms with Crippen molar-refractivity contribution in [1.29, 1.82) is 0 Å². The summed E-state index contributed by atoms with van der Waals surface area (Å²) >= 11 is 7.64. The highest BCUT2D eigenvalue weighted by atomic mass is 35.5. The highest BCUT2D eigenvalue weighted by molar-refractivity contribution is 7.12. The zero-order valence-electron chi connectivity index (χ0n) is 14.2. The number of nitrogens with zero attached hydrogens (tertiary/aromatic N) is 2. The molecule has 0 bridgehead atoms. The van der Waals surface area contributed by atoms with Crippen LogP contribution in [0.5, 0.6) is 0 Å². The Morgan fingerprint density at radius 2 is 1.92 bits per heavy atom. The Balaban J connectivity index is 1.54. The van der Waals surface area contributed by atoms with E-state index in [0.717, 1.165) is 10.4 Å². The van der Waals surface area contributed by atoms with Gasteiger partial charge in [0.15, 0.2) is 0 Å². The highest BCUT2D eigenvalue weighted by Crippen LogP contribution is 2.24. The van der Waals surface area contributed by atoms with Crippen LogP contribution in [-0.2, 0) is 11.3 Å². The molecule has 0 N–H and O–H groups in total. The van der Waals surface area contributed by atoms with Crippen LogP contribution in [0, 0.1) is 5.92 Å². The minimum absolute atomic E-state index is 0.0279. The van der Waals surface area contributed by atoms with Crippen molar-refractivity contribution in [3.63, 3.8) is 0 Å². The number of carbonyl (C=O) groups excluding carboxylic acids is 2. The molecule has 1 aromatic carbocycles. The van der Waals surface area contributed by atoms with Crippen molar-refractivity contribution >= 4 is 34.8 Å². The van der Waals surface area contributed by atoms with Gasteiger partial charge >= 0.3 is 0 Å². The van der Waals surface area contributed by atoms with E-state index in [1.807, 2.05) is 53.7 Å². The topological polar surface area (TPSA) is 40.6 Å². The zero-order chi connectivity index (χ0) is 17.8. The Labute approximate surface area is 157 Å². The first-order valence-corrected chi connectivity index (χ1v) is 9.63. The Morgan fingerprint density at radius 1 is 1.20 bits per heavy atom. The number of rotatable bonds is 4. The summed E-state index contributed by atoms with van der Waals surface area (Å²) in [4.78, 5) is 29.4. The van der Waals surface area contributed by atoms with Crippen LogP contribution in [0.3, 0.4) is 0 Å². The van der Waals surface area contributed by atoms with Gasteiger partial charge in [0.2, 0.25) is 5.91 Å². The predicted molar refractivity (Wildman–Crippen MR) is 101 cm³/mol. The van der Waals surface area contributed by atoms with Crippen molar-refractivity contribution < 1.29 is 9.59 Å². The molecule has 1 saturated heterocycles. The smallest absolute Gasteiger partial charge is 0.263 e. The molecular weight excluding hydrogens is 356 g/mol. The Kier molecular flexibility index (Phi) is 5.76. The largest absolute Gasteiger partial charge is 0.341 e. The first-order valence-electron chi connectivity index (χ1n) is 8.37. The minimum Gasteiger partial charge on any atom is -0.341 e. The normalized spacial score (nSPS) is 15.2. The summed E-state index contributed by atoms with van der Waals surface area (Å²) < 4.78 is 0. The molecule has 1 aliphatic rings. The molecular formula is C19H21ClN2O2S. The van der Waals surface area contributed by atoms with Gasteiger partial charge in [-0.3, -0.25) is 9.59 Å². The van der Waals surface area contributed by atoms with Crippen molar-refractivity contribution in [2.45, 2.75) is 19.4 Å². The van der Waals surface area contributed by atoms with Gasteiger partial charge in [0.25, 0.3) is 5.91 Å². The van der Waals surface area contributed by atoms with Gasteiger partial charge in [-0.2, -0.15) is 0 Å². The van der Waals surface area contributed by atoms with E-state index in [0.29, 0.717) is 37.5 Å². The van der Waals surface area contributed by atoms with E-state index in [-0.39, 0.29) is 17.7 Å². The standard InChI is InChI=1S/C19H21ClN2O2S/c1-21(13-15-5-2-3-6-16(15)20)18(23)14-8-10-22(11-9-14)19(24)17-7-4-12-25-17/h2-7,12,14H,8-11,13H2,1H3. The van der Waals surface area contributed by atoms with Gasteiger partial charge in [-0.05, 0) is 35.9 Å². The number of thiophene rings is 1. The summed E-state index contributed by atoms with van der Waals surface area (Å²) in [5.41, 5.74) is 0.949. The van der Waals surface area contributed by atoms with Crippen LogP contribution in [-0.4, -0.2) is 41.8 Å². The summed E-state index contributed by atoms with van der Waals surface area (Å²) in [6.45, 7) is 1.77. The summed E-state index contributed by atoms with van der Waals surface area (Å²) in [7, 11) is 1.81. The molecule has 2 aromatic rings. The van der Waals surface area contributed by atoms with E-state index < -0.39 is 0 Å². The predicted octanol–water partition coefficient (Wildman–Crippen LogP) is 3.91. The molecule has 25 heavy (non-hydrogen) atoms. The number of hydrogen-bond acceptors (Lipinski definition) is 3. The second kappa shape index (κ2) is 8.02. The van der Waals surface area contributed by atoms with Crippen LogP contribution in [0.4, 0.5) is 0 Å². The van der Waals surface area contributed by atoms with E-state index in [2.05, 4.69) is 0 Å². The molecule has 1 fully saturated rings. The van der Waals surface area contributed by atoms with Crippen molar-refractivity contribution in [1.82, 2.24) is 9.80 Å². The van der Waals surface area contributed by atoms with E-state index >= 15 is 0 Å². The van der Waals surface area contributed by atoms with E-state index in [1.54, 1.807) is 4.90 Å². The molecule has 0 atom stereocenters. The molecule has 0 radical (unpaired) electrons. The van der Waals surface area contributed by atoms with Crippen LogP contribution in [0.2, 0.25) is 5.02 Å². The highest BCUT2D eigenvalue weighted by Gasteiger charge is 2.29. The van der Waals surface area contributed by atoms with Gasteiger partial charge in [0.05, 0.1) is 4.88 Å². The molecule has 1 aromatic heterocycles. The van der Waals surface area contributed by atoms with Gasteiger partial charge in [0, 0.05) is 37.6 Å². The van der Waals surface area contributed by atoms with Crippen LogP contribution < -0.4 is 0 Å². The SMILES string of the molecule is CN(Cc1ccccc1Cl)C(=O)C1CCN(C(=O)c2cccs2)CC1. The molecule has 6 heteroatoms. The fourth-order valence-corrected chi connectivity index (χ4v) is 4.04. The first-order chi connectivity index (χ1) is 12.1. The molecule has 4 nitrogen and oxygen atoms in total. The van der Waals surface area contributed by atoms with Crippen molar-refractivity contribution in [3.8, 4) is 0 Å². The average Bonchev–Trinajstić information content (AvgIpc) is 3.17. The molecule has 3 rings (SSSR count). The summed E-state index contributed by atoms with van der Waals surface area (Å²) in [5, 5.41) is 2.59. The maximum absolute atomic E-state index is 12.7. The Bertz CT molecular complexity index is 740. The molecule has 132 valence electrons. The fraction of sp³-hybridized carbons (Fsp3) is 0.368. The van der Waals surface area contributed by atoms with Gasteiger partial charge in [-0.25, -0.2) is 0 Å². The summed E-state index contributed by atoms with van der Waals surface area (Å²) in [5.74, 6) is 0.174. The van der Waals surface area contributed by atoms with Crippen molar-refractivity contribution in [3.05, 3.63) is 57.2 Å². The second-order valence-corrected chi connectivity index (χ2v) is 7.68. The van der Waals surface area contributed by atoms with E-state index in [9.17, 15) is 9.59 Å². The third kappa shape index (κ3) is 4.22. The van der Waals surface area contributed by atoms with Gasteiger partial charge in [0.1, 0.15) is 0 Å². The monoisotopic (exact) mass is 376 g/mol. The summed E-state index contributed by atoms with van der Waals surface area (Å²) in [6.07, 6.45) is 1.42. The quantitative estimate of drug-likeness (QED) is 0.811. The zero-order valence-corrected chi connectivity index (χ0v) is 15.7. The summed E-state index contributed by atoms with van der Waals surface area (Å²) in [6, 6.07) is 11.3. The Morgan fingerprint density at radius 3 is 2.56 bits per heavy atom. The lowest BCUT2D eigenvalue weighted by molar-refractivity contribution is -0.136. The number of piperidine rings is 1. The van der Waals surface area contributed by atoms with Crippen LogP contribution >= 0.6 is 22.9 Å². The lowest BCUT2D eigenvalue weighted by atomic mass is 9.95. The van der Waals surface area contributed by atoms with Crippen molar-refractivity contribution in [2.75, 3.05) is 20.1 Å². The number of likely N-dealkylation sites (tertiary alicyclic amines) is 1. The molecule has 2 heterocycles. The second-order valence-electron chi connectivity index (χ2n) is 6.33. The number of hydrogen-bond donors (Lipinski definition) is 0. The molecule has 1 aliphatic heterocycles. The molecule has 0 spiro atoms. The van der Waals surface area contributed by atoms with Gasteiger partial charge < -0.3 is 9.80 Å². The maximum atomic E-state index is 12.7.